The molecule has 0 aliphatic rings. The molecule has 4 rings (SSSR count). The van der Waals surface area contributed by atoms with Crippen molar-refractivity contribution in [1.29, 1.82) is 0 Å². The van der Waals surface area contributed by atoms with E-state index in [4.69, 9.17) is 16.3 Å². The Balaban J connectivity index is 1.53. The fourth-order valence-corrected chi connectivity index (χ4v) is 3.97. The summed E-state index contributed by atoms with van der Waals surface area (Å²) in [6.45, 7) is 2.09. The zero-order valence-corrected chi connectivity index (χ0v) is 18.8. The third kappa shape index (κ3) is 5.31. The van der Waals surface area contributed by atoms with Crippen LogP contribution < -0.4 is 5.32 Å². The molecule has 0 atom stereocenters. The van der Waals surface area contributed by atoms with Gasteiger partial charge in [-0.05, 0) is 41.3 Å². The molecule has 1 aromatic heterocycles. The normalized spacial score (nSPS) is 10.9. The average molecular weight is 448 g/mol. The number of methoxy groups -OCH3 is 1. The van der Waals surface area contributed by atoms with Gasteiger partial charge < -0.3 is 19.5 Å². The minimum Gasteiger partial charge on any atom is -0.383 e. The highest BCUT2D eigenvalue weighted by Crippen LogP contribution is 2.23. The number of carbonyl (C=O) groups is 1. The van der Waals surface area contributed by atoms with E-state index in [1.54, 1.807) is 12.0 Å². The van der Waals surface area contributed by atoms with E-state index in [1.165, 1.54) is 0 Å². The van der Waals surface area contributed by atoms with Gasteiger partial charge in [-0.15, -0.1) is 0 Å². The Morgan fingerprint density at radius 3 is 2.69 bits per heavy atom. The van der Waals surface area contributed by atoms with Gasteiger partial charge in [0.15, 0.2) is 0 Å². The molecule has 0 radical (unpaired) electrons. The molecule has 0 aliphatic heterocycles. The van der Waals surface area contributed by atoms with E-state index in [2.05, 4.69) is 9.88 Å². The summed E-state index contributed by atoms with van der Waals surface area (Å²) < 4.78 is 7.39. The van der Waals surface area contributed by atoms with Crippen molar-refractivity contribution in [3.8, 4) is 0 Å². The molecule has 1 heterocycles. The molecule has 164 valence electrons. The van der Waals surface area contributed by atoms with Gasteiger partial charge in [0.1, 0.15) is 0 Å². The number of ether oxygens (including phenoxy) is 1. The van der Waals surface area contributed by atoms with Crippen LogP contribution in [-0.4, -0.2) is 35.8 Å². The molecule has 0 unspecified atom stereocenters. The summed E-state index contributed by atoms with van der Waals surface area (Å²) in [5.74, 6) is 0. The molecule has 0 fully saturated rings. The maximum absolute atomic E-state index is 13.2. The van der Waals surface area contributed by atoms with Crippen molar-refractivity contribution in [2.75, 3.05) is 25.6 Å². The number of hydrogen-bond donors (Lipinski definition) is 1. The SMILES string of the molecule is COCCN(Cc1cccn1Cc1cccc(Cl)c1)C(=O)Nc1cccc2ccccc12. The molecule has 0 saturated heterocycles. The Morgan fingerprint density at radius 1 is 1.03 bits per heavy atom. The van der Waals surface area contributed by atoms with Crippen LogP contribution in [0.25, 0.3) is 10.8 Å². The molecule has 6 heteroatoms. The lowest BCUT2D eigenvalue weighted by Crippen LogP contribution is -2.37. The molecule has 4 aromatic rings. The number of benzene rings is 3. The summed E-state index contributed by atoms with van der Waals surface area (Å²) in [5.41, 5.74) is 2.94. The van der Waals surface area contributed by atoms with Gasteiger partial charge in [-0.25, -0.2) is 4.79 Å². The van der Waals surface area contributed by atoms with E-state index in [0.29, 0.717) is 31.3 Å². The van der Waals surface area contributed by atoms with Crippen molar-refractivity contribution in [1.82, 2.24) is 9.47 Å². The number of nitrogens with zero attached hydrogens (tertiary/aromatic N) is 2. The van der Waals surface area contributed by atoms with Crippen molar-refractivity contribution in [3.63, 3.8) is 0 Å². The van der Waals surface area contributed by atoms with Crippen LogP contribution in [0, 0.1) is 0 Å². The number of anilines is 1. The van der Waals surface area contributed by atoms with Crippen LogP contribution in [0.1, 0.15) is 11.3 Å². The summed E-state index contributed by atoms with van der Waals surface area (Å²) >= 11 is 6.14. The Morgan fingerprint density at radius 2 is 1.84 bits per heavy atom. The van der Waals surface area contributed by atoms with Crippen LogP contribution in [0.15, 0.2) is 85.1 Å². The molecule has 0 saturated carbocycles. The van der Waals surface area contributed by atoms with Gasteiger partial charge in [0.25, 0.3) is 0 Å². The zero-order chi connectivity index (χ0) is 22.3. The molecule has 0 aliphatic carbocycles. The molecular formula is C26H26ClN3O2. The second-order valence-electron chi connectivity index (χ2n) is 7.63. The fourth-order valence-electron chi connectivity index (χ4n) is 3.76. The molecule has 32 heavy (non-hydrogen) atoms. The van der Waals surface area contributed by atoms with E-state index in [9.17, 15) is 4.79 Å². The van der Waals surface area contributed by atoms with Crippen LogP contribution in [0.2, 0.25) is 5.02 Å². The minimum atomic E-state index is -0.158. The van der Waals surface area contributed by atoms with Gasteiger partial charge in [-0.1, -0.05) is 60.1 Å². The van der Waals surface area contributed by atoms with Gasteiger partial charge in [0.2, 0.25) is 0 Å². The van der Waals surface area contributed by atoms with Crippen molar-refractivity contribution in [2.24, 2.45) is 0 Å². The standard InChI is InChI=1S/C26H26ClN3O2/c1-32-16-15-30(26(31)28-25-13-5-9-21-8-2-3-12-24(21)25)19-23-11-6-14-29(23)18-20-7-4-10-22(27)17-20/h2-14,17H,15-16,18-19H2,1H3,(H,28,31). The van der Waals surface area contributed by atoms with Crippen LogP contribution in [0.5, 0.6) is 0 Å². The van der Waals surface area contributed by atoms with Crippen molar-refractivity contribution >= 4 is 34.1 Å². The van der Waals surface area contributed by atoms with E-state index in [0.717, 1.165) is 27.7 Å². The van der Waals surface area contributed by atoms with Gasteiger partial charge in [0, 0.05) is 42.5 Å². The van der Waals surface area contributed by atoms with Gasteiger partial charge in [0.05, 0.1) is 18.8 Å². The maximum atomic E-state index is 13.2. The number of fused-ring (bicyclic) bond motifs is 1. The van der Waals surface area contributed by atoms with Crippen LogP contribution in [0.4, 0.5) is 10.5 Å². The number of aromatic nitrogens is 1. The number of carbonyl (C=O) groups excluding carboxylic acids is 1. The predicted molar refractivity (Wildman–Crippen MR) is 130 cm³/mol. The second kappa shape index (κ2) is 10.4. The first-order valence-corrected chi connectivity index (χ1v) is 10.9. The number of nitrogens with one attached hydrogen (secondary N) is 1. The minimum absolute atomic E-state index is 0.158. The van der Waals surface area contributed by atoms with E-state index < -0.39 is 0 Å². The highest BCUT2D eigenvalue weighted by atomic mass is 35.5. The van der Waals surface area contributed by atoms with Crippen LogP contribution in [0.3, 0.4) is 0 Å². The first kappa shape index (κ1) is 21.9. The summed E-state index contributed by atoms with van der Waals surface area (Å²) in [6, 6.07) is 25.6. The largest absolute Gasteiger partial charge is 0.383 e. The lowest BCUT2D eigenvalue weighted by Gasteiger charge is -2.24. The average Bonchev–Trinajstić information content (AvgIpc) is 3.23. The molecule has 0 spiro atoms. The van der Waals surface area contributed by atoms with E-state index in [-0.39, 0.29) is 6.03 Å². The molecule has 2 amide bonds. The summed E-state index contributed by atoms with van der Waals surface area (Å²) in [6.07, 6.45) is 2.02. The quantitative estimate of drug-likeness (QED) is 0.359. The van der Waals surface area contributed by atoms with Gasteiger partial charge >= 0.3 is 6.03 Å². The van der Waals surface area contributed by atoms with Crippen molar-refractivity contribution in [3.05, 3.63) is 101 Å². The lowest BCUT2D eigenvalue weighted by atomic mass is 10.1. The molecule has 5 nitrogen and oxygen atoms in total. The lowest BCUT2D eigenvalue weighted by molar-refractivity contribution is 0.152. The van der Waals surface area contributed by atoms with Crippen LogP contribution >= 0.6 is 11.6 Å². The van der Waals surface area contributed by atoms with Gasteiger partial charge in [-0.3, -0.25) is 0 Å². The third-order valence-electron chi connectivity index (χ3n) is 5.40. The summed E-state index contributed by atoms with van der Waals surface area (Å²) in [7, 11) is 1.64. The van der Waals surface area contributed by atoms with E-state index in [1.807, 2.05) is 85.1 Å². The predicted octanol–water partition coefficient (Wildman–Crippen LogP) is 6.02. The van der Waals surface area contributed by atoms with Gasteiger partial charge in [-0.2, -0.15) is 0 Å². The number of halogens is 1. The molecule has 1 N–H and O–H groups in total. The third-order valence-corrected chi connectivity index (χ3v) is 5.64. The second-order valence-corrected chi connectivity index (χ2v) is 8.06. The molecular weight excluding hydrogens is 422 g/mol. The Bertz CT molecular complexity index is 1200. The van der Waals surface area contributed by atoms with Crippen molar-refractivity contribution < 1.29 is 9.53 Å². The van der Waals surface area contributed by atoms with Crippen molar-refractivity contribution in [2.45, 2.75) is 13.1 Å². The number of urea groups is 1. The number of amides is 2. The summed E-state index contributed by atoms with van der Waals surface area (Å²) in [4.78, 5) is 15.0. The Hall–Kier alpha value is -3.28. The molecule has 3 aromatic carbocycles. The number of rotatable bonds is 8. The number of hydrogen-bond acceptors (Lipinski definition) is 2. The first-order valence-electron chi connectivity index (χ1n) is 10.5. The first-order chi connectivity index (χ1) is 15.6. The topological polar surface area (TPSA) is 46.5 Å². The smallest absolute Gasteiger partial charge is 0.322 e. The summed E-state index contributed by atoms with van der Waals surface area (Å²) in [5, 5.41) is 5.90. The zero-order valence-electron chi connectivity index (χ0n) is 18.0. The maximum Gasteiger partial charge on any atom is 0.322 e. The Labute approximate surface area is 193 Å². The highest BCUT2D eigenvalue weighted by Gasteiger charge is 2.17. The highest BCUT2D eigenvalue weighted by molar-refractivity contribution is 6.30. The monoisotopic (exact) mass is 447 g/mol. The fraction of sp³-hybridized carbons (Fsp3) is 0.192. The van der Waals surface area contributed by atoms with Crippen LogP contribution in [-0.2, 0) is 17.8 Å². The molecule has 0 bridgehead atoms. The van der Waals surface area contributed by atoms with E-state index >= 15 is 0 Å². The Kier molecular flexibility index (Phi) is 7.10.